The SMILES string of the molecule is CCCCCCCCCCCCCCCCCCCCCCCC(=O)OC[C@H](COP(=O)(O)OC[C@@H](O)COP(=O)(O)OC[C@@H](COC(=O)CCCCCCCCC)OC(=O)CCCCCCCCCCCCCCCCCC)OC(=O)CCCCCCCCCCCCCCCCCCCCCCC. The third-order valence-corrected chi connectivity index (χ3v) is 22.3. The Morgan fingerprint density at radius 3 is 0.562 bits per heavy atom. The topological polar surface area (TPSA) is 237 Å². The minimum atomic E-state index is -4.96. The molecular weight excluding hydrogens is 1370 g/mol. The molecule has 0 aromatic heterocycles. The molecule has 0 spiro atoms. The molecule has 0 fully saturated rings. The van der Waals surface area contributed by atoms with Crippen LogP contribution >= 0.6 is 15.6 Å². The zero-order valence-corrected chi connectivity index (χ0v) is 70.5. The Balaban J connectivity index is 5.15. The Morgan fingerprint density at radius 2 is 0.381 bits per heavy atom. The monoisotopic (exact) mass is 1540 g/mol. The van der Waals surface area contributed by atoms with Crippen molar-refractivity contribution in [1.29, 1.82) is 0 Å². The summed E-state index contributed by atoms with van der Waals surface area (Å²) in [6, 6.07) is 0. The number of carbonyl (C=O) groups excluding carboxylic acids is 4. The van der Waals surface area contributed by atoms with E-state index < -0.39 is 97.5 Å². The molecule has 0 aliphatic heterocycles. The molecular formula is C86H168O17P2. The summed E-state index contributed by atoms with van der Waals surface area (Å²) in [5.74, 6) is -2.10. The Kier molecular flexibility index (Phi) is 78.6. The number of phosphoric ester groups is 2. The molecule has 624 valence electrons. The summed E-state index contributed by atoms with van der Waals surface area (Å²) in [6.45, 7) is 5.01. The van der Waals surface area contributed by atoms with Crippen LogP contribution in [0.25, 0.3) is 0 Å². The fourth-order valence-electron chi connectivity index (χ4n) is 13.5. The van der Waals surface area contributed by atoms with Crippen LogP contribution in [0.1, 0.15) is 471 Å². The summed E-state index contributed by atoms with van der Waals surface area (Å²) in [7, 11) is -9.92. The highest BCUT2D eigenvalue weighted by atomic mass is 31.2. The molecule has 17 nitrogen and oxygen atoms in total. The Morgan fingerprint density at radius 1 is 0.229 bits per heavy atom. The second kappa shape index (κ2) is 80.1. The van der Waals surface area contributed by atoms with Crippen LogP contribution in [0.15, 0.2) is 0 Å². The fraction of sp³-hybridized carbons (Fsp3) is 0.953. The van der Waals surface area contributed by atoms with Gasteiger partial charge in [0, 0.05) is 25.7 Å². The number of esters is 4. The van der Waals surface area contributed by atoms with Gasteiger partial charge in [0.25, 0.3) is 0 Å². The second-order valence-corrected chi connectivity index (χ2v) is 33.8. The van der Waals surface area contributed by atoms with Crippen molar-refractivity contribution < 1.29 is 80.2 Å². The van der Waals surface area contributed by atoms with E-state index in [1.165, 1.54) is 289 Å². The second-order valence-electron chi connectivity index (χ2n) is 30.9. The highest BCUT2D eigenvalue weighted by molar-refractivity contribution is 7.47. The van der Waals surface area contributed by atoms with E-state index >= 15 is 0 Å². The van der Waals surface area contributed by atoms with Crippen LogP contribution in [-0.2, 0) is 65.4 Å². The number of hydrogen-bond donors (Lipinski definition) is 3. The standard InChI is InChI=1S/C86H168O17P2/c1-5-9-13-17-21-24-27-30-33-36-38-40-42-44-47-49-52-55-59-63-67-71-84(89)97-77-82(103-86(91)73-69-65-61-57-54-51-48-45-43-41-39-37-34-31-28-25-22-18-14-10-6-2)79-101-105(94,95)99-75-80(87)74-98-104(92,93)100-78-81(76-96-83(88)70-66-62-58-20-16-12-8-4)102-85(90)72-68-64-60-56-53-50-46-35-32-29-26-23-19-15-11-7-3/h80-82,87H,5-79H2,1-4H3,(H,92,93)(H,94,95)/t80-,81+,82+/m0/s1. The summed E-state index contributed by atoms with van der Waals surface area (Å²) in [6.07, 6.45) is 75.3. The van der Waals surface area contributed by atoms with E-state index in [1.807, 2.05) is 0 Å². The molecule has 0 aliphatic rings. The van der Waals surface area contributed by atoms with Crippen LogP contribution in [-0.4, -0.2) is 96.7 Å². The molecule has 0 rings (SSSR count). The molecule has 19 heteroatoms. The highest BCUT2D eigenvalue weighted by Crippen LogP contribution is 2.45. The molecule has 0 heterocycles. The molecule has 0 saturated heterocycles. The molecule has 0 aromatic rings. The van der Waals surface area contributed by atoms with E-state index in [-0.39, 0.29) is 25.7 Å². The van der Waals surface area contributed by atoms with Crippen LogP contribution in [0.2, 0.25) is 0 Å². The molecule has 0 bridgehead atoms. The summed E-state index contributed by atoms with van der Waals surface area (Å²) in [5, 5.41) is 10.7. The first kappa shape index (κ1) is 103. The van der Waals surface area contributed by atoms with Crippen LogP contribution in [0.3, 0.4) is 0 Å². The van der Waals surface area contributed by atoms with Gasteiger partial charge < -0.3 is 33.8 Å². The normalized spacial score (nSPS) is 13.7. The maximum absolute atomic E-state index is 13.1. The van der Waals surface area contributed by atoms with Gasteiger partial charge in [0.15, 0.2) is 12.2 Å². The molecule has 0 aliphatic carbocycles. The quantitative estimate of drug-likeness (QED) is 0.0222. The summed E-state index contributed by atoms with van der Waals surface area (Å²) in [4.78, 5) is 73.0. The third kappa shape index (κ3) is 79.9. The van der Waals surface area contributed by atoms with E-state index in [9.17, 15) is 43.2 Å². The third-order valence-electron chi connectivity index (χ3n) is 20.4. The van der Waals surface area contributed by atoms with Crippen LogP contribution in [0, 0.1) is 0 Å². The molecule has 5 atom stereocenters. The van der Waals surface area contributed by atoms with E-state index in [0.717, 1.165) is 103 Å². The number of hydrogen-bond acceptors (Lipinski definition) is 15. The number of phosphoric acid groups is 2. The molecule has 0 aromatic carbocycles. The van der Waals surface area contributed by atoms with Gasteiger partial charge in [-0.25, -0.2) is 9.13 Å². The van der Waals surface area contributed by atoms with E-state index in [4.69, 9.17) is 37.0 Å². The van der Waals surface area contributed by atoms with E-state index in [0.29, 0.717) is 25.7 Å². The maximum Gasteiger partial charge on any atom is 0.472 e. The van der Waals surface area contributed by atoms with Gasteiger partial charge in [0.05, 0.1) is 26.4 Å². The summed E-state index contributed by atoms with van der Waals surface area (Å²) >= 11 is 0. The summed E-state index contributed by atoms with van der Waals surface area (Å²) < 4.78 is 68.8. The van der Waals surface area contributed by atoms with Gasteiger partial charge in [-0.1, -0.05) is 419 Å². The molecule has 105 heavy (non-hydrogen) atoms. The first-order chi connectivity index (χ1) is 51.2. The lowest BCUT2D eigenvalue weighted by molar-refractivity contribution is -0.161. The molecule has 0 radical (unpaired) electrons. The van der Waals surface area contributed by atoms with Crippen molar-refractivity contribution in [2.45, 2.75) is 489 Å². The minimum absolute atomic E-state index is 0.109. The van der Waals surface area contributed by atoms with Crippen molar-refractivity contribution in [3.05, 3.63) is 0 Å². The van der Waals surface area contributed by atoms with Gasteiger partial charge in [0.1, 0.15) is 19.3 Å². The maximum atomic E-state index is 13.1. The highest BCUT2D eigenvalue weighted by Gasteiger charge is 2.30. The van der Waals surface area contributed by atoms with Crippen molar-refractivity contribution in [3.8, 4) is 0 Å². The van der Waals surface area contributed by atoms with Crippen molar-refractivity contribution >= 4 is 39.5 Å². The van der Waals surface area contributed by atoms with Crippen LogP contribution < -0.4 is 0 Å². The Bertz CT molecular complexity index is 1980. The van der Waals surface area contributed by atoms with Crippen molar-refractivity contribution in [3.63, 3.8) is 0 Å². The van der Waals surface area contributed by atoms with Gasteiger partial charge in [-0.3, -0.25) is 37.3 Å². The molecule has 0 saturated carbocycles. The number of rotatable bonds is 87. The predicted octanol–water partition coefficient (Wildman–Crippen LogP) is 26.5. The van der Waals surface area contributed by atoms with Gasteiger partial charge in [-0.05, 0) is 25.7 Å². The largest absolute Gasteiger partial charge is 0.472 e. The number of carbonyl (C=O) groups is 4. The molecule has 3 N–H and O–H groups in total. The van der Waals surface area contributed by atoms with E-state index in [1.54, 1.807) is 0 Å². The van der Waals surface area contributed by atoms with E-state index in [2.05, 4.69) is 27.7 Å². The first-order valence-electron chi connectivity index (χ1n) is 44.8. The van der Waals surface area contributed by atoms with Crippen LogP contribution in [0.5, 0.6) is 0 Å². The number of aliphatic hydroxyl groups excluding tert-OH is 1. The number of unbranched alkanes of at least 4 members (excludes halogenated alkanes) is 61. The molecule has 0 amide bonds. The summed E-state index contributed by atoms with van der Waals surface area (Å²) in [5.41, 5.74) is 0. The zero-order valence-electron chi connectivity index (χ0n) is 68.7. The molecule has 2 unspecified atom stereocenters. The Hall–Kier alpha value is -1.94. The average Bonchev–Trinajstić information content (AvgIpc) is 0.952. The van der Waals surface area contributed by atoms with Gasteiger partial charge in [0.2, 0.25) is 0 Å². The predicted molar refractivity (Wildman–Crippen MR) is 432 cm³/mol. The lowest BCUT2D eigenvalue weighted by atomic mass is 10.0. The lowest BCUT2D eigenvalue weighted by Crippen LogP contribution is -2.30. The van der Waals surface area contributed by atoms with Crippen LogP contribution in [0.4, 0.5) is 0 Å². The zero-order chi connectivity index (χ0) is 76.7. The van der Waals surface area contributed by atoms with Crippen molar-refractivity contribution in [1.82, 2.24) is 0 Å². The average molecular weight is 1540 g/mol. The number of aliphatic hydroxyl groups is 1. The van der Waals surface area contributed by atoms with Gasteiger partial charge in [-0.15, -0.1) is 0 Å². The Labute approximate surface area is 645 Å². The number of ether oxygens (including phenoxy) is 4. The lowest BCUT2D eigenvalue weighted by Gasteiger charge is -2.21. The smallest absolute Gasteiger partial charge is 0.462 e. The van der Waals surface area contributed by atoms with Gasteiger partial charge in [-0.2, -0.15) is 0 Å². The van der Waals surface area contributed by atoms with Crippen molar-refractivity contribution in [2.24, 2.45) is 0 Å². The van der Waals surface area contributed by atoms with Crippen molar-refractivity contribution in [2.75, 3.05) is 39.6 Å². The fourth-order valence-corrected chi connectivity index (χ4v) is 15.1. The minimum Gasteiger partial charge on any atom is -0.462 e. The first-order valence-corrected chi connectivity index (χ1v) is 47.8. The van der Waals surface area contributed by atoms with Gasteiger partial charge >= 0.3 is 39.5 Å².